The lowest BCUT2D eigenvalue weighted by molar-refractivity contribution is 0.274. The highest BCUT2D eigenvalue weighted by molar-refractivity contribution is 14.1. The zero-order chi connectivity index (χ0) is 13.8. The van der Waals surface area contributed by atoms with Gasteiger partial charge in [-0.3, -0.25) is 0 Å². The summed E-state index contributed by atoms with van der Waals surface area (Å²) in [6.07, 6.45) is 0. The van der Waals surface area contributed by atoms with Crippen LogP contribution < -0.4 is 10.5 Å². The molecule has 0 bridgehead atoms. The van der Waals surface area contributed by atoms with E-state index in [1.165, 1.54) is 12.1 Å². The van der Waals surface area contributed by atoms with Gasteiger partial charge in [0.1, 0.15) is 6.61 Å². The minimum absolute atomic E-state index is 0.0885. The Morgan fingerprint density at radius 1 is 1.00 bits per heavy atom. The van der Waals surface area contributed by atoms with Gasteiger partial charge in [0.05, 0.1) is 0 Å². The molecule has 0 aromatic heterocycles. The first-order valence-corrected chi connectivity index (χ1v) is 6.73. The van der Waals surface area contributed by atoms with Crippen LogP contribution in [0.15, 0.2) is 36.4 Å². The molecule has 0 heterocycles. The van der Waals surface area contributed by atoms with Crippen LogP contribution in [0.25, 0.3) is 0 Å². The Balaban J connectivity index is 2.13. The number of ether oxygens (including phenoxy) is 1. The van der Waals surface area contributed by atoms with E-state index in [0.29, 0.717) is 5.56 Å². The van der Waals surface area contributed by atoms with E-state index >= 15 is 0 Å². The summed E-state index contributed by atoms with van der Waals surface area (Å²) in [4.78, 5) is 0. The minimum Gasteiger partial charge on any atom is -0.483 e. The van der Waals surface area contributed by atoms with Gasteiger partial charge in [0.25, 0.3) is 0 Å². The molecule has 19 heavy (non-hydrogen) atoms. The zero-order valence-corrected chi connectivity index (χ0v) is 12.2. The first-order chi connectivity index (χ1) is 9.10. The molecule has 2 N–H and O–H groups in total. The van der Waals surface area contributed by atoms with Gasteiger partial charge in [-0.05, 0) is 58.0 Å². The van der Waals surface area contributed by atoms with E-state index in [2.05, 4.69) is 22.6 Å². The van der Waals surface area contributed by atoms with E-state index in [0.717, 1.165) is 9.13 Å². The summed E-state index contributed by atoms with van der Waals surface area (Å²) >= 11 is 2.18. The molecule has 0 unspecified atom stereocenters. The van der Waals surface area contributed by atoms with Crippen LogP contribution in [0.3, 0.4) is 0 Å². The van der Waals surface area contributed by atoms with E-state index in [9.17, 15) is 8.78 Å². The van der Waals surface area contributed by atoms with Crippen molar-refractivity contribution in [3.05, 3.63) is 62.7 Å². The van der Waals surface area contributed by atoms with Gasteiger partial charge >= 0.3 is 0 Å². The molecule has 2 nitrogen and oxygen atoms in total. The molecule has 0 aliphatic carbocycles. The largest absolute Gasteiger partial charge is 0.483 e. The molecule has 5 heteroatoms. The molecule has 0 atom stereocenters. The number of halogens is 3. The van der Waals surface area contributed by atoms with Gasteiger partial charge in [-0.1, -0.05) is 12.1 Å². The van der Waals surface area contributed by atoms with E-state index in [1.807, 2.05) is 24.3 Å². The third-order valence-corrected chi connectivity index (χ3v) is 3.31. The predicted molar refractivity (Wildman–Crippen MR) is 77.7 cm³/mol. The van der Waals surface area contributed by atoms with Crippen LogP contribution in [0.5, 0.6) is 5.75 Å². The monoisotopic (exact) mass is 375 g/mol. The Kier molecular flexibility index (Phi) is 4.71. The van der Waals surface area contributed by atoms with Gasteiger partial charge in [-0.2, -0.15) is 0 Å². The van der Waals surface area contributed by atoms with Crippen LogP contribution in [-0.4, -0.2) is 0 Å². The molecule has 2 aromatic carbocycles. The molecular weight excluding hydrogens is 363 g/mol. The standard InChI is InChI=1S/C14H12F2INO/c15-12-5-10(7-18)6-13(16)14(12)19-8-9-1-3-11(17)4-2-9/h1-6H,7-8,18H2. The van der Waals surface area contributed by atoms with Crippen molar-refractivity contribution >= 4 is 22.6 Å². The van der Waals surface area contributed by atoms with Crippen LogP contribution in [0.1, 0.15) is 11.1 Å². The summed E-state index contributed by atoms with van der Waals surface area (Å²) in [6, 6.07) is 9.89. The highest BCUT2D eigenvalue weighted by atomic mass is 127. The van der Waals surface area contributed by atoms with Crippen molar-refractivity contribution < 1.29 is 13.5 Å². The molecule has 0 saturated heterocycles. The second kappa shape index (κ2) is 6.29. The fraction of sp³-hybridized carbons (Fsp3) is 0.143. The molecule has 0 radical (unpaired) electrons. The Hall–Kier alpha value is -1.21. The number of hydrogen-bond acceptors (Lipinski definition) is 2. The van der Waals surface area contributed by atoms with Crippen LogP contribution in [-0.2, 0) is 13.2 Å². The fourth-order valence-electron chi connectivity index (χ4n) is 1.60. The number of nitrogens with two attached hydrogens (primary N) is 1. The summed E-state index contributed by atoms with van der Waals surface area (Å²) in [6.45, 7) is 0.206. The van der Waals surface area contributed by atoms with Crippen molar-refractivity contribution in [2.24, 2.45) is 5.73 Å². The van der Waals surface area contributed by atoms with Crippen LogP contribution in [0, 0.1) is 15.2 Å². The van der Waals surface area contributed by atoms with Crippen molar-refractivity contribution in [2.45, 2.75) is 13.2 Å². The van der Waals surface area contributed by atoms with Gasteiger partial charge in [0, 0.05) is 10.1 Å². The predicted octanol–water partition coefficient (Wildman–Crippen LogP) is 3.61. The van der Waals surface area contributed by atoms with E-state index < -0.39 is 11.6 Å². The smallest absolute Gasteiger partial charge is 0.191 e. The number of benzene rings is 2. The summed E-state index contributed by atoms with van der Waals surface area (Å²) in [5.74, 6) is -1.83. The van der Waals surface area contributed by atoms with Crippen molar-refractivity contribution in [1.29, 1.82) is 0 Å². The van der Waals surface area contributed by atoms with Gasteiger partial charge < -0.3 is 10.5 Å². The Labute approximate surface area is 123 Å². The average molecular weight is 375 g/mol. The van der Waals surface area contributed by atoms with Crippen LogP contribution in [0.4, 0.5) is 8.78 Å². The van der Waals surface area contributed by atoms with Crippen molar-refractivity contribution in [3.8, 4) is 5.75 Å². The maximum atomic E-state index is 13.6. The molecule has 0 aliphatic rings. The maximum Gasteiger partial charge on any atom is 0.191 e. The molecule has 0 fully saturated rings. The quantitative estimate of drug-likeness (QED) is 0.829. The lowest BCUT2D eigenvalue weighted by atomic mass is 10.2. The van der Waals surface area contributed by atoms with Crippen molar-refractivity contribution in [3.63, 3.8) is 0 Å². The SMILES string of the molecule is NCc1cc(F)c(OCc2ccc(I)cc2)c(F)c1. The summed E-state index contributed by atoms with van der Waals surface area (Å²) < 4.78 is 33.6. The van der Waals surface area contributed by atoms with Crippen LogP contribution in [0.2, 0.25) is 0 Å². The molecule has 2 aromatic rings. The lowest BCUT2D eigenvalue weighted by Crippen LogP contribution is -2.03. The number of hydrogen-bond donors (Lipinski definition) is 1. The average Bonchev–Trinajstić information content (AvgIpc) is 2.39. The molecule has 0 amide bonds. The second-order valence-corrected chi connectivity index (χ2v) is 5.25. The van der Waals surface area contributed by atoms with Gasteiger partial charge in [0.2, 0.25) is 0 Å². The third kappa shape index (κ3) is 3.63. The lowest BCUT2D eigenvalue weighted by Gasteiger charge is -2.10. The van der Waals surface area contributed by atoms with Crippen LogP contribution >= 0.6 is 22.6 Å². The van der Waals surface area contributed by atoms with E-state index in [4.69, 9.17) is 10.5 Å². The minimum atomic E-state index is -0.731. The normalized spacial score (nSPS) is 10.5. The van der Waals surface area contributed by atoms with Gasteiger partial charge in [-0.25, -0.2) is 8.78 Å². The van der Waals surface area contributed by atoms with Gasteiger partial charge in [-0.15, -0.1) is 0 Å². The molecule has 0 spiro atoms. The fourth-order valence-corrected chi connectivity index (χ4v) is 1.96. The molecular formula is C14H12F2INO. The number of rotatable bonds is 4. The summed E-state index contributed by atoms with van der Waals surface area (Å²) in [7, 11) is 0. The summed E-state index contributed by atoms with van der Waals surface area (Å²) in [5, 5.41) is 0. The third-order valence-electron chi connectivity index (χ3n) is 2.59. The highest BCUT2D eigenvalue weighted by Gasteiger charge is 2.12. The van der Waals surface area contributed by atoms with Crippen molar-refractivity contribution in [1.82, 2.24) is 0 Å². The molecule has 0 aliphatic heterocycles. The Morgan fingerprint density at radius 3 is 2.11 bits per heavy atom. The van der Waals surface area contributed by atoms with Gasteiger partial charge in [0.15, 0.2) is 17.4 Å². The molecule has 2 rings (SSSR count). The Bertz CT molecular complexity index is 549. The second-order valence-electron chi connectivity index (χ2n) is 4.01. The topological polar surface area (TPSA) is 35.2 Å². The summed E-state index contributed by atoms with van der Waals surface area (Å²) in [5.41, 5.74) is 6.59. The highest BCUT2D eigenvalue weighted by Crippen LogP contribution is 2.24. The first-order valence-electron chi connectivity index (χ1n) is 5.65. The van der Waals surface area contributed by atoms with E-state index in [-0.39, 0.29) is 18.9 Å². The first kappa shape index (κ1) is 14.2. The van der Waals surface area contributed by atoms with Crippen molar-refractivity contribution in [2.75, 3.05) is 0 Å². The zero-order valence-electron chi connectivity index (χ0n) is 10.00. The van der Waals surface area contributed by atoms with E-state index in [1.54, 1.807) is 0 Å². The maximum absolute atomic E-state index is 13.6. The molecule has 100 valence electrons. The Morgan fingerprint density at radius 2 is 1.58 bits per heavy atom. The molecule has 0 saturated carbocycles.